The lowest BCUT2D eigenvalue weighted by atomic mass is 10.0. The summed E-state index contributed by atoms with van der Waals surface area (Å²) >= 11 is 0. The molecular weight excluding hydrogens is 336 g/mol. The Morgan fingerprint density at radius 3 is 2.12 bits per heavy atom. The van der Waals surface area contributed by atoms with Crippen LogP contribution in [0, 0.1) is 0 Å². The number of methoxy groups -OCH3 is 1. The quantitative estimate of drug-likeness (QED) is 0.755. The van der Waals surface area contributed by atoms with Crippen molar-refractivity contribution in [1.82, 2.24) is 10.6 Å². The van der Waals surface area contributed by atoms with Gasteiger partial charge in [0.2, 0.25) is 5.91 Å². The zero-order chi connectivity index (χ0) is 20.0. The number of nitrogens with one attached hydrogen (secondary N) is 2. The number of ether oxygens (including phenoxy) is 2. The normalized spacial score (nSPS) is 12.7. The van der Waals surface area contributed by atoms with Gasteiger partial charge in [-0.1, -0.05) is 30.3 Å². The van der Waals surface area contributed by atoms with E-state index in [-0.39, 0.29) is 6.42 Å². The molecular formula is C19H28N2O5. The summed E-state index contributed by atoms with van der Waals surface area (Å²) in [5.41, 5.74) is -1.08. The summed E-state index contributed by atoms with van der Waals surface area (Å²) in [6.07, 6.45) is -0.433. The van der Waals surface area contributed by atoms with Gasteiger partial charge in [-0.2, -0.15) is 0 Å². The van der Waals surface area contributed by atoms with E-state index in [1.54, 1.807) is 20.8 Å². The van der Waals surface area contributed by atoms with E-state index < -0.39 is 35.2 Å². The Morgan fingerprint density at radius 1 is 1.04 bits per heavy atom. The second-order valence-corrected chi connectivity index (χ2v) is 7.49. The molecule has 0 bridgehead atoms. The fourth-order valence-electron chi connectivity index (χ4n) is 2.14. The van der Waals surface area contributed by atoms with Crippen LogP contribution in [0.25, 0.3) is 0 Å². The fraction of sp³-hybridized carbons (Fsp3) is 0.526. The highest BCUT2D eigenvalue weighted by Crippen LogP contribution is 2.11. The summed E-state index contributed by atoms with van der Waals surface area (Å²) in [5, 5.41) is 5.15. The molecule has 7 nitrogen and oxygen atoms in total. The maximum atomic E-state index is 12.6. The first-order chi connectivity index (χ1) is 11.9. The molecule has 0 aliphatic carbocycles. The number of carbonyl (C=O) groups excluding carboxylic acids is 3. The standard InChI is InChI=1S/C19H28N2O5/c1-18(2,3)26-17(24)21-19(4,5)16(23)20-14(15(22)25-6)12-13-10-8-7-9-11-13/h7-11,14H,12H2,1-6H3,(H,20,23)(H,21,24)/t14-/m0/s1. The van der Waals surface area contributed by atoms with E-state index >= 15 is 0 Å². The van der Waals surface area contributed by atoms with Crippen molar-refractivity contribution in [2.45, 2.75) is 58.2 Å². The van der Waals surface area contributed by atoms with Crippen molar-refractivity contribution >= 4 is 18.0 Å². The molecule has 0 aliphatic heterocycles. The summed E-state index contributed by atoms with van der Waals surface area (Å²) in [7, 11) is 1.26. The van der Waals surface area contributed by atoms with Crippen LogP contribution in [0.3, 0.4) is 0 Å². The Labute approximate surface area is 154 Å². The number of esters is 1. The largest absolute Gasteiger partial charge is 0.467 e. The van der Waals surface area contributed by atoms with Crippen LogP contribution in [-0.2, 0) is 25.5 Å². The van der Waals surface area contributed by atoms with Crippen LogP contribution in [-0.4, -0.2) is 42.3 Å². The zero-order valence-corrected chi connectivity index (χ0v) is 16.2. The van der Waals surface area contributed by atoms with Gasteiger partial charge >= 0.3 is 12.1 Å². The lowest BCUT2D eigenvalue weighted by Gasteiger charge is -2.29. The lowest BCUT2D eigenvalue weighted by molar-refractivity contribution is -0.145. The molecule has 0 aromatic heterocycles. The second kappa shape index (κ2) is 8.69. The van der Waals surface area contributed by atoms with Crippen molar-refractivity contribution in [3.8, 4) is 0 Å². The zero-order valence-electron chi connectivity index (χ0n) is 16.2. The summed E-state index contributed by atoms with van der Waals surface area (Å²) in [4.78, 5) is 36.6. The highest BCUT2D eigenvalue weighted by Gasteiger charge is 2.34. The molecule has 1 aromatic carbocycles. The van der Waals surface area contributed by atoms with Crippen molar-refractivity contribution in [3.63, 3.8) is 0 Å². The monoisotopic (exact) mass is 364 g/mol. The number of carbonyl (C=O) groups is 3. The highest BCUT2D eigenvalue weighted by atomic mass is 16.6. The van der Waals surface area contributed by atoms with Crippen molar-refractivity contribution in [3.05, 3.63) is 35.9 Å². The number of alkyl carbamates (subject to hydrolysis) is 1. The molecule has 1 rings (SSSR count). The summed E-state index contributed by atoms with van der Waals surface area (Å²) < 4.78 is 9.95. The molecule has 7 heteroatoms. The first-order valence-corrected chi connectivity index (χ1v) is 8.38. The molecule has 2 N–H and O–H groups in total. The Kier molecular flexibility index (Phi) is 7.18. The van der Waals surface area contributed by atoms with Crippen molar-refractivity contribution in [2.24, 2.45) is 0 Å². The number of hydrogen-bond acceptors (Lipinski definition) is 5. The van der Waals surface area contributed by atoms with Crippen molar-refractivity contribution in [1.29, 1.82) is 0 Å². The average Bonchev–Trinajstić information content (AvgIpc) is 2.51. The van der Waals surface area contributed by atoms with Crippen LogP contribution >= 0.6 is 0 Å². The molecule has 0 unspecified atom stereocenters. The van der Waals surface area contributed by atoms with E-state index in [1.807, 2.05) is 30.3 Å². The van der Waals surface area contributed by atoms with Gasteiger partial charge < -0.3 is 20.1 Å². The average molecular weight is 364 g/mol. The van der Waals surface area contributed by atoms with Gasteiger partial charge in [-0.15, -0.1) is 0 Å². The van der Waals surface area contributed by atoms with Gasteiger partial charge in [-0.05, 0) is 40.2 Å². The Hall–Kier alpha value is -2.57. The molecule has 0 radical (unpaired) electrons. The van der Waals surface area contributed by atoms with Crippen LogP contribution in [0.2, 0.25) is 0 Å². The third kappa shape index (κ3) is 7.13. The Morgan fingerprint density at radius 2 is 1.62 bits per heavy atom. The molecule has 2 amide bonds. The van der Waals surface area contributed by atoms with E-state index in [0.29, 0.717) is 0 Å². The fourth-order valence-corrected chi connectivity index (χ4v) is 2.14. The van der Waals surface area contributed by atoms with Crippen LogP contribution in [0.15, 0.2) is 30.3 Å². The first kappa shape index (κ1) is 21.5. The second-order valence-electron chi connectivity index (χ2n) is 7.49. The molecule has 0 saturated carbocycles. The molecule has 0 aliphatic rings. The Bertz CT molecular complexity index is 635. The minimum Gasteiger partial charge on any atom is -0.467 e. The third-order valence-electron chi connectivity index (χ3n) is 3.45. The molecule has 0 spiro atoms. The lowest BCUT2D eigenvalue weighted by Crippen LogP contribution is -2.58. The molecule has 0 heterocycles. The maximum Gasteiger partial charge on any atom is 0.408 e. The minimum atomic E-state index is -1.27. The molecule has 26 heavy (non-hydrogen) atoms. The SMILES string of the molecule is COC(=O)[C@H](Cc1ccccc1)NC(=O)C(C)(C)NC(=O)OC(C)(C)C. The van der Waals surface area contributed by atoms with E-state index in [9.17, 15) is 14.4 Å². The number of amides is 2. The summed E-state index contributed by atoms with van der Waals surface area (Å²) in [6, 6.07) is 8.40. The van der Waals surface area contributed by atoms with Crippen LogP contribution in [0.4, 0.5) is 4.79 Å². The third-order valence-corrected chi connectivity index (χ3v) is 3.45. The molecule has 0 fully saturated rings. The van der Waals surface area contributed by atoms with E-state index in [0.717, 1.165) is 5.56 Å². The van der Waals surface area contributed by atoms with Gasteiger partial charge in [0.25, 0.3) is 0 Å². The highest BCUT2D eigenvalue weighted by molar-refractivity contribution is 5.92. The van der Waals surface area contributed by atoms with E-state index in [2.05, 4.69) is 10.6 Å². The maximum absolute atomic E-state index is 12.6. The van der Waals surface area contributed by atoms with Gasteiger partial charge in [-0.3, -0.25) is 4.79 Å². The topological polar surface area (TPSA) is 93.7 Å². The van der Waals surface area contributed by atoms with Gasteiger partial charge in [0, 0.05) is 6.42 Å². The van der Waals surface area contributed by atoms with Crippen LogP contribution < -0.4 is 10.6 Å². The molecule has 1 atom stereocenters. The summed E-state index contributed by atoms with van der Waals surface area (Å²) in [5.74, 6) is -1.08. The van der Waals surface area contributed by atoms with Crippen LogP contribution in [0.1, 0.15) is 40.2 Å². The molecule has 0 saturated heterocycles. The predicted molar refractivity (Wildman–Crippen MR) is 97.5 cm³/mol. The van der Waals surface area contributed by atoms with Crippen molar-refractivity contribution in [2.75, 3.05) is 7.11 Å². The van der Waals surface area contributed by atoms with Gasteiger partial charge in [0.15, 0.2) is 0 Å². The summed E-state index contributed by atoms with van der Waals surface area (Å²) in [6.45, 7) is 8.25. The Balaban J connectivity index is 2.80. The van der Waals surface area contributed by atoms with Crippen LogP contribution in [0.5, 0.6) is 0 Å². The smallest absolute Gasteiger partial charge is 0.408 e. The predicted octanol–water partition coefficient (Wildman–Crippen LogP) is 2.19. The number of rotatable bonds is 6. The van der Waals surface area contributed by atoms with Crippen molar-refractivity contribution < 1.29 is 23.9 Å². The van der Waals surface area contributed by atoms with Gasteiger partial charge in [0.1, 0.15) is 17.2 Å². The van der Waals surface area contributed by atoms with E-state index in [1.165, 1.54) is 21.0 Å². The van der Waals surface area contributed by atoms with Gasteiger partial charge in [0.05, 0.1) is 7.11 Å². The number of benzene rings is 1. The molecule has 1 aromatic rings. The minimum absolute atomic E-state index is 0.280. The van der Waals surface area contributed by atoms with E-state index in [4.69, 9.17) is 9.47 Å². The number of hydrogen-bond donors (Lipinski definition) is 2. The molecule has 144 valence electrons. The van der Waals surface area contributed by atoms with Gasteiger partial charge in [-0.25, -0.2) is 9.59 Å². The first-order valence-electron chi connectivity index (χ1n) is 8.38.